The van der Waals surface area contributed by atoms with Gasteiger partial charge >= 0.3 is 0 Å². The molecule has 2 aliphatic carbocycles. The van der Waals surface area contributed by atoms with Gasteiger partial charge in [-0.15, -0.1) is 0 Å². The van der Waals surface area contributed by atoms with E-state index in [9.17, 15) is 0 Å². The summed E-state index contributed by atoms with van der Waals surface area (Å²) >= 11 is 0. The second-order valence-corrected chi connectivity index (χ2v) is 8.25. The van der Waals surface area contributed by atoms with Gasteiger partial charge in [0.2, 0.25) is 0 Å². The van der Waals surface area contributed by atoms with Crippen molar-refractivity contribution in [3.05, 3.63) is 0 Å². The van der Waals surface area contributed by atoms with Gasteiger partial charge in [0.25, 0.3) is 0 Å². The van der Waals surface area contributed by atoms with E-state index in [2.05, 4.69) is 39.9 Å². The fraction of sp³-hybridized carbons (Fsp3) is 1.00. The van der Waals surface area contributed by atoms with Gasteiger partial charge in [-0.1, -0.05) is 34.1 Å². The van der Waals surface area contributed by atoms with Gasteiger partial charge in [0.05, 0.1) is 0 Å². The Balaban J connectivity index is 1.85. The van der Waals surface area contributed by atoms with E-state index in [0.717, 1.165) is 41.7 Å². The van der Waals surface area contributed by atoms with Gasteiger partial charge in [0, 0.05) is 12.1 Å². The molecule has 4 unspecified atom stereocenters. The highest BCUT2D eigenvalue weighted by atomic mass is 15.0. The van der Waals surface area contributed by atoms with E-state index in [1.807, 2.05) is 0 Å². The highest BCUT2D eigenvalue weighted by molar-refractivity contribution is 4.94. The SMILES string of the molecule is CC(C)CC(CC(C)C)NC(C)C1CC2CCC1C2. The molecule has 0 spiro atoms. The molecule has 0 radical (unpaired) electrons. The molecule has 1 N–H and O–H groups in total. The molecule has 1 heteroatoms. The first-order chi connectivity index (χ1) is 8.95. The van der Waals surface area contributed by atoms with Crippen LogP contribution in [0, 0.1) is 29.6 Å². The molecule has 2 fully saturated rings. The van der Waals surface area contributed by atoms with Gasteiger partial charge in [-0.3, -0.25) is 0 Å². The maximum atomic E-state index is 4.01. The van der Waals surface area contributed by atoms with Gasteiger partial charge < -0.3 is 5.32 Å². The fourth-order valence-electron chi connectivity index (χ4n) is 4.77. The van der Waals surface area contributed by atoms with Crippen LogP contribution in [0.15, 0.2) is 0 Å². The molecular formula is C18H35N. The lowest BCUT2D eigenvalue weighted by atomic mass is 9.83. The van der Waals surface area contributed by atoms with Crippen molar-refractivity contribution in [3.8, 4) is 0 Å². The van der Waals surface area contributed by atoms with Crippen LogP contribution in [0.2, 0.25) is 0 Å². The number of fused-ring (bicyclic) bond motifs is 2. The third kappa shape index (κ3) is 4.21. The van der Waals surface area contributed by atoms with Crippen molar-refractivity contribution in [2.75, 3.05) is 0 Å². The molecule has 0 aromatic carbocycles. The normalized spacial score (nSPS) is 31.9. The van der Waals surface area contributed by atoms with Crippen LogP contribution in [0.25, 0.3) is 0 Å². The summed E-state index contributed by atoms with van der Waals surface area (Å²) in [6.45, 7) is 11.9. The Morgan fingerprint density at radius 3 is 1.95 bits per heavy atom. The standard InChI is InChI=1S/C18H35N/c1-12(2)8-17(9-13(3)4)19-14(5)18-11-15-6-7-16(18)10-15/h12-19H,6-11H2,1-5H3. The average molecular weight is 265 g/mol. The maximum absolute atomic E-state index is 4.01. The first-order valence-corrected chi connectivity index (χ1v) is 8.71. The first kappa shape index (κ1) is 15.4. The minimum absolute atomic E-state index is 0.731. The van der Waals surface area contributed by atoms with Crippen LogP contribution in [-0.2, 0) is 0 Å². The van der Waals surface area contributed by atoms with E-state index in [1.54, 1.807) is 0 Å². The summed E-state index contributed by atoms with van der Waals surface area (Å²) in [5.74, 6) is 4.71. The van der Waals surface area contributed by atoms with Gasteiger partial charge in [-0.2, -0.15) is 0 Å². The Morgan fingerprint density at radius 2 is 1.53 bits per heavy atom. The number of rotatable bonds is 7. The maximum Gasteiger partial charge on any atom is 0.00745 e. The van der Waals surface area contributed by atoms with Crippen LogP contribution in [0.5, 0.6) is 0 Å². The molecule has 4 atom stereocenters. The van der Waals surface area contributed by atoms with Crippen LogP contribution < -0.4 is 5.32 Å². The van der Waals surface area contributed by atoms with Crippen LogP contribution in [-0.4, -0.2) is 12.1 Å². The third-order valence-corrected chi connectivity index (χ3v) is 5.45. The summed E-state index contributed by atoms with van der Waals surface area (Å²) in [4.78, 5) is 0. The van der Waals surface area contributed by atoms with Crippen molar-refractivity contribution in [2.45, 2.75) is 85.2 Å². The van der Waals surface area contributed by atoms with Crippen LogP contribution in [0.1, 0.15) is 73.1 Å². The first-order valence-electron chi connectivity index (χ1n) is 8.71. The molecule has 0 aliphatic heterocycles. The molecule has 19 heavy (non-hydrogen) atoms. The Labute approximate surface area is 120 Å². The molecule has 2 bridgehead atoms. The van der Waals surface area contributed by atoms with Gasteiger partial charge in [0.15, 0.2) is 0 Å². The quantitative estimate of drug-likeness (QED) is 0.693. The zero-order valence-corrected chi connectivity index (χ0v) is 13.8. The molecular weight excluding hydrogens is 230 g/mol. The smallest absolute Gasteiger partial charge is 0.00745 e. The molecule has 1 nitrogen and oxygen atoms in total. The Hall–Kier alpha value is -0.0400. The van der Waals surface area contributed by atoms with E-state index in [-0.39, 0.29) is 0 Å². The molecule has 0 amide bonds. The van der Waals surface area contributed by atoms with E-state index in [4.69, 9.17) is 0 Å². The lowest BCUT2D eigenvalue weighted by Gasteiger charge is -2.33. The van der Waals surface area contributed by atoms with Crippen molar-refractivity contribution in [1.29, 1.82) is 0 Å². The van der Waals surface area contributed by atoms with Crippen LogP contribution in [0.4, 0.5) is 0 Å². The van der Waals surface area contributed by atoms with E-state index >= 15 is 0 Å². The van der Waals surface area contributed by atoms with Crippen molar-refractivity contribution in [2.24, 2.45) is 29.6 Å². The van der Waals surface area contributed by atoms with E-state index < -0.39 is 0 Å². The Morgan fingerprint density at radius 1 is 0.895 bits per heavy atom. The number of hydrogen-bond acceptors (Lipinski definition) is 1. The summed E-state index contributed by atoms with van der Waals surface area (Å²) < 4.78 is 0. The molecule has 112 valence electrons. The summed E-state index contributed by atoms with van der Waals surface area (Å²) in [6, 6.07) is 1.46. The van der Waals surface area contributed by atoms with Gasteiger partial charge in [-0.25, -0.2) is 0 Å². The van der Waals surface area contributed by atoms with Crippen LogP contribution >= 0.6 is 0 Å². The van der Waals surface area contributed by atoms with Crippen molar-refractivity contribution < 1.29 is 0 Å². The second kappa shape index (κ2) is 6.61. The highest BCUT2D eigenvalue weighted by Gasteiger charge is 2.42. The lowest BCUT2D eigenvalue weighted by Crippen LogP contribution is -2.43. The molecule has 0 saturated heterocycles. The lowest BCUT2D eigenvalue weighted by molar-refractivity contribution is 0.225. The fourth-order valence-corrected chi connectivity index (χ4v) is 4.77. The third-order valence-electron chi connectivity index (χ3n) is 5.45. The van der Waals surface area contributed by atoms with E-state index in [0.29, 0.717) is 0 Å². The summed E-state index contributed by atoms with van der Waals surface area (Å²) in [6.07, 6.45) is 8.76. The zero-order chi connectivity index (χ0) is 14.0. The van der Waals surface area contributed by atoms with Gasteiger partial charge in [-0.05, 0) is 68.6 Å². The molecule has 2 saturated carbocycles. The number of nitrogens with one attached hydrogen (secondary N) is 1. The number of hydrogen-bond donors (Lipinski definition) is 1. The highest BCUT2D eigenvalue weighted by Crippen LogP contribution is 2.49. The second-order valence-electron chi connectivity index (χ2n) is 8.25. The summed E-state index contributed by atoms with van der Waals surface area (Å²) in [5.41, 5.74) is 0. The van der Waals surface area contributed by atoms with Gasteiger partial charge in [0.1, 0.15) is 0 Å². The molecule has 2 rings (SSSR count). The minimum Gasteiger partial charge on any atom is -0.311 e. The summed E-state index contributed by atoms with van der Waals surface area (Å²) in [5, 5.41) is 4.01. The van der Waals surface area contributed by atoms with Crippen molar-refractivity contribution in [1.82, 2.24) is 5.32 Å². The molecule has 0 aromatic rings. The molecule has 0 heterocycles. The average Bonchev–Trinajstić information content (AvgIpc) is 2.88. The topological polar surface area (TPSA) is 12.0 Å². The minimum atomic E-state index is 0.731. The monoisotopic (exact) mass is 265 g/mol. The van der Waals surface area contributed by atoms with Crippen molar-refractivity contribution in [3.63, 3.8) is 0 Å². The largest absolute Gasteiger partial charge is 0.311 e. The van der Waals surface area contributed by atoms with E-state index in [1.165, 1.54) is 38.5 Å². The summed E-state index contributed by atoms with van der Waals surface area (Å²) in [7, 11) is 0. The Bertz CT molecular complexity index is 261. The van der Waals surface area contributed by atoms with Crippen molar-refractivity contribution >= 4 is 0 Å². The molecule has 2 aliphatic rings. The predicted octanol–water partition coefficient (Wildman–Crippen LogP) is 4.86. The predicted molar refractivity (Wildman–Crippen MR) is 84.2 cm³/mol. The zero-order valence-electron chi connectivity index (χ0n) is 13.8. The Kier molecular flexibility index (Phi) is 5.34. The molecule has 0 aromatic heterocycles. The van der Waals surface area contributed by atoms with Crippen LogP contribution in [0.3, 0.4) is 0 Å².